The van der Waals surface area contributed by atoms with Crippen molar-refractivity contribution >= 4 is 17.9 Å². The predicted octanol–water partition coefficient (Wildman–Crippen LogP) is -0.249. The number of anilines is 1. The van der Waals surface area contributed by atoms with E-state index in [1.54, 1.807) is 0 Å². The Morgan fingerprint density at radius 3 is 2.94 bits per heavy atom. The summed E-state index contributed by atoms with van der Waals surface area (Å²) in [7, 11) is 0. The molecular formula is C8H7N7O3. The van der Waals surface area contributed by atoms with Gasteiger partial charge in [0.05, 0.1) is 11.1 Å². The number of nitro groups is 1. The monoisotopic (exact) mass is 249 g/mol. The third-order valence-corrected chi connectivity index (χ3v) is 2.00. The zero-order chi connectivity index (χ0) is 13.1. The molecule has 0 spiro atoms. The number of nitrogen functional groups attached to an aromatic ring is 1. The van der Waals surface area contributed by atoms with E-state index in [0.717, 1.165) is 11.0 Å². The molecule has 0 aliphatic heterocycles. The van der Waals surface area contributed by atoms with Crippen LogP contribution in [-0.2, 0) is 0 Å². The largest absolute Gasteiger partial charge is 0.507 e. The normalized spacial score (nSPS) is 10.9. The molecule has 0 saturated heterocycles. The topological polar surface area (TPSA) is 145 Å². The van der Waals surface area contributed by atoms with Gasteiger partial charge in [0.1, 0.15) is 5.75 Å². The van der Waals surface area contributed by atoms with Gasteiger partial charge >= 0.3 is 0 Å². The summed E-state index contributed by atoms with van der Waals surface area (Å²) in [4.78, 5) is 10.9. The Kier molecular flexibility index (Phi) is 2.83. The third kappa shape index (κ3) is 2.21. The number of nitro benzene ring substituents is 1. The summed E-state index contributed by atoms with van der Waals surface area (Å²) >= 11 is 0. The molecule has 92 valence electrons. The van der Waals surface area contributed by atoms with E-state index >= 15 is 0 Å². The van der Waals surface area contributed by atoms with Crippen molar-refractivity contribution in [3.63, 3.8) is 0 Å². The van der Waals surface area contributed by atoms with Crippen molar-refractivity contribution in [2.24, 2.45) is 5.10 Å². The molecule has 0 aliphatic rings. The number of hydrogen-bond acceptors (Lipinski definition) is 8. The van der Waals surface area contributed by atoms with E-state index in [1.165, 1.54) is 18.2 Å². The molecule has 0 fully saturated rings. The van der Waals surface area contributed by atoms with Crippen LogP contribution in [-0.4, -0.2) is 36.6 Å². The highest BCUT2D eigenvalue weighted by molar-refractivity contribution is 5.84. The second-order valence-electron chi connectivity index (χ2n) is 3.17. The lowest BCUT2D eigenvalue weighted by atomic mass is 10.2. The van der Waals surface area contributed by atoms with E-state index < -0.39 is 4.92 Å². The maximum Gasteiger partial charge on any atom is 0.270 e. The highest BCUT2D eigenvalue weighted by Crippen LogP contribution is 2.21. The van der Waals surface area contributed by atoms with Crippen molar-refractivity contribution < 1.29 is 10.0 Å². The quantitative estimate of drug-likeness (QED) is 0.433. The molecule has 0 bridgehead atoms. The molecule has 0 saturated carbocycles. The predicted molar refractivity (Wildman–Crippen MR) is 60.0 cm³/mol. The maximum absolute atomic E-state index is 10.6. The van der Waals surface area contributed by atoms with Crippen molar-refractivity contribution in [3.8, 4) is 5.75 Å². The SMILES string of the molecule is Nc1nnnn1/N=C\c1cc([N+](=O)[O-])ccc1O. The summed E-state index contributed by atoms with van der Waals surface area (Å²) in [6.07, 6.45) is 1.16. The molecule has 0 radical (unpaired) electrons. The summed E-state index contributed by atoms with van der Waals surface area (Å²) in [5.74, 6) is -0.202. The van der Waals surface area contributed by atoms with E-state index in [2.05, 4.69) is 20.6 Å². The number of aromatic hydroxyl groups is 1. The molecule has 0 amide bonds. The molecule has 0 unspecified atom stereocenters. The number of rotatable bonds is 3. The summed E-state index contributed by atoms with van der Waals surface area (Å²) in [5, 5.41) is 33.9. The van der Waals surface area contributed by atoms with Gasteiger partial charge in [-0.05, 0) is 16.5 Å². The lowest BCUT2D eigenvalue weighted by Crippen LogP contribution is -2.00. The number of phenolic OH excluding ortho intramolecular Hbond substituents is 1. The smallest absolute Gasteiger partial charge is 0.270 e. The minimum absolute atomic E-state index is 0.0452. The van der Waals surface area contributed by atoms with Crippen molar-refractivity contribution in [1.82, 2.24) is 20.3 Å². The number of non-ortho nitro benzene ring substituents is 1. The van der Waals surface area contributed by atoms with Crippen LogP contribution in [0.25, 0.3) is 0 Å². The van der Waals surface area contributed by atoms with Gasteiger partial charge in [-0.15, -0.1) is 0 Å². The van der Waals surface area contributed by atoms with Crippen LogP contribution in [0.2, 0.25) is 0 Å². The van der Waals surface area contributed by atoms with Crippen LogP contribution in [0.4, 0.5) is 11.6 Å². The fraction of sp³-hybridized carbons (Fsp3) is 0. The van der Waals surface area contributed by atoms with Gasteiger partial charge in [-0.2, -0.15) is 5.10 Å². The molecule has 1 heterocycles. The third-order valence-electron chi connectivity index (χ3n) is 2.00. The fourth-order valence-corrected chi connectivity index (χ4v) is 1.15. The molecule has 10 heteroatoms. The van der Waals surface area contributed by atoms with Crippen molar-refractivity contribution in [2.45, 2.75) is 0 Å². The van der Waals surface area contributed by atoms with Gasteiger partial charge in [0, 0.05) is 17.7 Å². The number of tetrazole rings is 1. The van der Waals surface area contributed by atoms with Gasteiger partial charge in [0.15, 0.2) is 0 Å². The van der Waals surface area contributed by atoms with Crippen LogP contribution < -0.4 is 5.73 Å². The van der Waals surface area contributed by atoms with Crippen LogP contribution in [0.3, 0.4) is 0 Å². The summed E-state index contributed by atoms with van der Waals surface area (Å²) in [6.45, 7) is 0. The maximum atomic E-state index is 10.6. The first-order chi connectivity index (χ1) is 8.58. The van der Waals surface area contributed by atoms with E-state index in [9.17, 15) is 15.2 Å². The minimum atomic E-state index is -0.581. The molecule has 0 atom stereocenters. The van der Waals surface area contributed by atoms with Gasteiger partial charge in [-0.25, -0.2) is 0 Å². The van der Waals surface area contributed by atoms with E-state index in [-0.39, 0.29) is 22.9 Å². The second kappa shape index (κ2) is 4.45. The first-order valence-electron chi connectivity index (χ1n) is 4.63. The Morgan fingerprint density at radius 2 is 2.33 bits per heavy atom. The first-order valence-corrected chi connectivity index (χ1v) is 4.63. The van der Waals surface area contributed by atoms with Gasteiger partial charge in [0.25, 0.3) is 11.6 Å². The Hall–Kier alpha value is -3.04. The van der Waals surface area contributed by atoms with E-state index in [4.69, 9.17) is 5.73 Å². The van der Waals surface area contributed by atoms with Crippen molar-refractivity contribution in [3.05, 3.63) is 33.9 Å². The average Bonchev–Trinajstić information content (AvgIpc) is 2.73. The number of benzene rings is 1. The molecule has 2 rings (SSSR count). The van der Waals surface area contributed by atoms with E-state index in [1.807, 2.05) is 0 Å². The second-order valence-corrected chi connectivity index (χ2v) is 3.17. The first kappa shape index (κ1) is 11.4. The van der Waals surface area contributed by atoms with Crippen LogP contribution in [0.15, 0.2) is 23.3 Å². The van der Waals surface area contributed by atoms with E-state index in [0.29, 0.717) is 0 Å². The standard InChI is InChI=1S/C8H7N7O3/c9-8-11-12-13-14(8)10-4-5-3-6(15(17)18)1-2-7(5)16/h1-4,16H,(H2,9,11,13)/b10-4-. The summed E-state index contributed by atoms with van der Waals surface area (Å²) in [5.41, 5.74) is 5.35. The zero-order valence-corrected chi connectivity index (χ0v) is 8.83. The highest BCUT2D eigenvalue weighted by atomic mass is 16.6. The lowest BCUT2D eigenvalue weighted by molar-refractivity contribution is -0.384. The molecule has 0 aliphatic carbocycles. The molecule has 3 N–H and O–H groups in total. The fourth-order valence-electron chi connectivity index (χ4n) is 1.15. The Morgan fingerprint density at radius 1 is 1.56 bits per heavy atom. The van der Waals surface area contributed by atoms with Gasteiger partial charge in [-0.3, -0.25) is 10.1 Å². The lowest BCUT2D eigenvalue weighted by Gasteiger charge is -1.98. The van der Waals surface area contributed by atoms with Crippen LogP contribution in [0.1, 0.15) is 5.56 Å². The molecular weight excluding hydrogens is 242 g/mol. The Balaban J connectivity index is 2.34. The van der Waals surface area contributed by atoms with Crippen LogP contribution >= 0.6 is 0 Å². The van der Waals surface area contributed by atoms with Gasteiger partial charge in [-0.1, -0.05) is 9.89 Å². The number of nitrogens with two attached hydrogens (primary N) is 1. The summed E-state index contributed by atoms with van der Waals surface area (Å²) < 4.78 is 0. The number of hydrogen-bond donors (Lipinski definition) is 2. The molecule has 10 nitrogen and oxygen atoms in total. The molecule has 1 aromatic heterocycles. The Bertz CT molecular complexity index is 621. The van der Waals surface area contributed by atoms with Gasteiger partial charge in [0.2, 0.25) is 0 Å². The summed E-state index contributed by atoms with van der Waals surface area (Å²) in [6, 6.07) is 3.54. The molecule has 18 heavy (non-hydrogen) atoms. The molecule has 2 aromatic rings. The number of nitrogens with zero attached hydrogens (tertiary/aromatic N) is 6. The highest BCUT2D eigenvalue weighted by Gasteiger charge is 2.09. The average molecular weight is 249 g/mol. The number of phenols is 1. The number of aromatic nitrogens is 4. The van der Waals surface area contributed by atoms with Crippen LogP contribution in [0, 0.1) is 10.1 Å². The zero-order valence-electron chi connectivity index (χ0n) is 8.83. The van der Waals surface area contributed by atoms with Crippen molar-refractivity contribution in [1.29, 1.82) is 0 Å². The van der Waals surface area contributed by atoms with Crippen LogP contribution in [0.5, 0.6) is 5.75 Å². The Labute approximate surface area is 99.5 Å². The molecule has 1 aromatic carbocycles. The van der Waals surface area contributed by atoms with Gasteiger partial charge < -0.3 is 10.8 Å². The van der Waals surface area contributed by atoms with Crippen molar-refractivity contribution in [2.75, 3.05) is 5.73 Å². The minimum Gasteiger partial charge on any atom is -0.507 e.